The van der Waals surface area contributed by atoms with E-state index in [1.54, 1.807) is 0 Å². The first-order valence-corrected chi connectivity index (χ1v) is 7.32. The van der Waals surface area contributed by atoms with Crippen molar-refractivity contribution in [3.63, 3.8) is 0 Å². The van der Waals surface area contributed by atoms with Crippen LogP contribution in [0.3, 0.4) is 0 Å². The summed E-state index contributed by atoms with van der Waals surface area (Å²) >= 11 is 0. The van der Waals surface area contributed by atoms with Crippen molar-refractivity contribution in [3.8, 4) is 0 Å². The van der Waals surface area contributed by atoms with E-state index in [-0.39, 0.29) is 53.5 Å². The van der Waals surface area contributed by atoms with E-state index in [9.17, 15) is 9.59 Å². The summed E-state index contributed by atoms with van der Waals surface area (Å²) in [6, 6.07) is 0. The topological polar surface area (TPSA) is 81.7 Å². The fourth-order valence-electron chi connectivity index (χ4n) is 1.25. The van der Waals surface area contributed by atoms with E-state index in [4.69, 9.17) is 11.5 Å². The number of rotatable bonds is 6. The molecule has 122 valence electrons. The molecule has 0 saturated heterocycles. The number of nitrogens with one attached hydrogen (secondary N) is 2. The summed E-state index contributed by atoms with van der Waals surface area (Å²) in [5, 5.41) is 0. The molecule has 0 radical (unpaired) electrons. The van der Waals surface area contributed by atoms with Gasteiger partial charge in [-0.3, -0.25) is 9.59 Å². The summed E-state index contributed by atoms with van der Waals surface area (Å²) in [6.07, 6.45) is 2.53. The molecule has 0 atom stereocenters. The molecular weight excluding hydrogens is 490 g/mol. The van der Waals surface area contributed by atoms with Gasteiger partial charge in [0.05, 0.1) is 0 Å². The predicted octanol–water partition coefficient (Wildman–Crippen LogP) is 4.87. The largest absolute Gasteiger partial charge is 2.00 e. The van der Waals surface area contributed by atoms with Crippen molar-refractivity contribution in [1.82, 2.24) is 0 Å². The summed E-state index contributed by atoms with van der Waals surface area (Å²) in [5.41, 5.74) is 13.3. The fourth-order valence-corrected chi connectivity index (χ4v) is 1.25. The van der Waals surface area contributed by atoms with Gasteiger partial charge in [-0.15, -0.1) is 0 Å². The number of carbonyl (C=O) groups excluding carboxylic acids is 2. The Morgan fingerprint density at radius 1 is 0.714 bits per heavy atom. The molecule has 0 aliphatic heterocycles. The van der Waals surface area contributed by atoms with Crippen LogP contribution in [-0.4, -0.2) is 24.7 Å². The SMILES string of the molecule is CC(C)(C)C(=O)CCC[NH-].CC(C)(C)C(=O)CCC[NH-].[U+2]. The van der Waals surface area contributed by atoms with Crippen LogP contribution in [0.25, 0.3) is 11.5 Å². The molecule has 0 aliphatic rings. The maximum Gasteiger partial charge on any atom is 2.00 e. The van der Waals surface area contributed by atoms with E-state index >= 15 is 0 Å². The third-order valence-corrected chi connectivity index (χ3v) is 2.83. The van der Waals surface area contributed by atoms with Crippen molar-refractivity contribution in [2.24, 2.45) is 10.8 Å². The Balaban J connectivity index is -0.000000295. The predicted molar refractivity (Wildman–Crippen MR) is 85.8 cm³/mol. The van der Waals surface area contributed by atoms with Gasteiger partial charge in [-0.1, -0.05) is 54.4 Å². The Labute approximate surface area is 154 Å². The molecule has 0 heterocycles. The molecule has 0 aromatic carbocycles. The first kappa shape index (κ1) is 26.2. The Morgan fingerprint density at radius 3 is 1.10 bits per heavy atom. The van der Waals surface area contributed by atoms with E-state index in [1.807, 2.05) is 41.5 Å². The zero-order valence-electron chi connectivity index (χ0n) is 14.6. The van der Waals surface area contributed by atoms with Crippen molar-refractivity contribution < 1.29 is 40.7 Å². The van der Waals surface area contributed by atoms with Gasteiger partial charge in [0.25, 0.3) is 0 Å². The number of carbonyl (C=O) groups is 2. The minimum absolute atomic E-state index is 0. The molecule has 0 aliphatic carbocycles. The first-order valence-electron chi connectivity index (χ1n) is 7.32. The maximum absolute atomic E-state index is 11.1. The molecule has 5 heteroatoms. The molecule has 21 heavy (non-hydrogen) atoms. The van der Waals surface area contributed by atoms with E-state index in [2.05, 4.69) is 0 Å². The molecule has 2 N–H and O–H groups in total. The quantitative estimate of drug-likeness (QED) is 0.499. The molecule has 0 bridgehead atoms. The smallest absolute Gasteiger partial charge is 0.677 e. The Hall–Kier alpha value is 0.312. The van der Waals surface area contributed by atoms with Gasteiger partial charge in [0.15, 0.2) is 0 Å². The average molecular weight is 522 g/mol. The van der Waals surface area contributed by atoms with Gasteiger partial charge in [0, 0.05) is 23.7 Å². The average Bonchev–Trinajstić information content (AvgIpc) is 2.31. The third kappa shape index (κ3) is 16.5. The van der Waals surface area contributed by atoms with Crippen molar-refractivity contribution in [1.29, 1.82) is 0 Å². The van der Waals surface area contributed by atoms with Gasteiger partial charge in [-0.2, -0.15) is 13.1 Å². The van der Waals surface area contributed by atoms with Crippen molar-refractivity contribution >= 4 is 11.6 Å². The minimum atomic E-state index is -0.213. The van der Waals surface area contributed by atoms with Gasteiger partial charge < -0.3 is 11.5 Å². The molecule has 0 aromatic rings. The van der Waals surface area contributed by atoms with E-state index in [1.165, 1.54) is 0 Å². The summed E-state index contributed by atoms with van der Waals surface area (Å²) in [6.45, 7) is 12.2. The molecule has 4 nitrogen and oxygen atoms in total. The van der Waals surface area contributed by atoms with Crippen LogP contribution in [-0.2, 0) is 9.59 Å². The summed E-state index contributed by atoms with van der Waals surface area (Å²) in [5.74, 6) is 0.527. The van der Waals surface area contributed by atoms with Crippen LogP contribution >= 0.6 is 0 Å². The number of Topliss-reactive ketones (excluding diaryl/α,β-unsaturated/α-hetero) is 2. The van der Waals surface area contributed by atoms with E-state index in [0.29, 0.717) is 38.8 Å². The summed E-state index contributed by atoms with van der Waals surface area (Å²) in [4.78, 5) is 22.3. The third-order valence-electron chi connectivity index (χ3n) is 2.83. The zero-order chi connectivity index (χ0) is 16.4. The second kappa shape index (κ2) is 12.8. The van der Waals surface area contributed by atoms with Gasteiger partial charge in [0.1, 0.15) is 11.6 Å². The molecule has 0 aromatic heterocycles. The molecule has 0 saturated carbocycles. The van der Waals surface area contributed by atoms with Gasteiger partial charge >= 0.3 is 31.1 Å². The first-order chi connectivity index (χ1) is 8.96. The summed E-state index contributed by atoms with van der Waals surface area (Å²) in [7, 11) is 0. The van der Waals surface area contributed by atoms with Crippen molar-refractivity contribution in [2.45, 2.75) is 67.2 Å². The van der Waals surface area contributed by atoms with Crippen LogP contribution in [0.1, 0.15) is 67.2 Å². The zero-order valence-corrected chi connectivity index (χ0v) is 18.7. The molecule has 0 unspecified atom stereocenters. The Bertz CT molecular complexity index is 262. The second-order valence-corrected chi connectivity index (χ2v) is 7.05. The second-order valence-electron chi connectivity index (χ2n) is 7.05. The number of hydrogen-bond acceptors (Lipinski definition) is 2. The molecule has 0 amide bonds. The number of hydrogen-bond donors (Lipinski definition) is 0. The van der Waals surface area contributed by atoms with Gasteiger partial charge in [0.2, 0.25) is 0 Å². The van der Waals surface area contributed by atoms with Crippen molar-refractivity contribution in [2.75, 3.05) is 13.1 Å². The molecule has 0 rings (SSSR count). The summed E-state index contributed by atoms with van der Waals surface area (Å²) < 4.78 is 0. The molecule has 0 fully saturated rings. The van der Waals surface area contributed by atoms with Gasteiger partial charge in [-0.25, -0.2) is 0 Å². The normalized spacial score (nSPS) is 11.0. The fraction of sp³-hybridized carbons (Fsp3) is 0.875. The van der Waals surface area contributed by atoms with Crippen LogP contribution in [0, 0.1) is 41.9 Å². The molecular formula is C16H32N2O2U. The van der Waals surface area contributed by atoms with E-state index < -0.39 is 0 Å². The van der Waals surface area contributed by atoms with Crippen molar-refractivity contribution in [3.05, 3.63) is 11.5 Å². The van der Waals surface area contributed by atoms with E-state index in [0.717, 1.165) is 0 Å². The van der Waals surface area contributed by atoms with Crippen LogP contribution in [0.2, 0.25) is 0 Å². The van der Waals surface area contributed by atoms with Crippen LogP contribution in [0.15, 0.2) is 0 Å². The standard InChI is InChI=1S/2C8H16NO.U/c2*1-8(2,3)7(10)5-4-6-9;/h2*9H,4-6H2,1-3H3;/q2*-1;+2. The van der Waals surface area contributed by atoms with Crippen LogP contribution < -0.4 is 0 Å². The number of ketones is 2. The maximum atomic E-state index is 11.1. The van der Waals surface area contributed by atoms with Gasteiger partial charge in [-0.05, 0) is 0 Å². The Morgan fingerprint density at radius 2 is 0.952 bits per heavy atom. The monoisotopic (exact) mass is 522 g/mol. The molecule has 0 spiro atoms. The van der Waals surface area contributed by atoms with Crippen LogP contribution in [0.5, 0.6) is 0 Å². The Kier molecular flexibility index (Phi) is 16.0. The minimum Gasteiger partial charge on any atom is -0.677 e. The van der Waals surface area contributed by atoms with Crippen LogP contribution in [0.4, 0.5) is 0 Å².